The first-order valence-electron chi connectivity index (χ1n) is 9.27. The van der Waals surface area contributed by atoms with Crippen molar-refractivity contribution in [1.82, 2.24) is 15.3 Å². The molecule has 6 nitrogen and oxygen atoms in total. The topological polar surface area (TPSA) is 75.5 Å². The molecule has 0 aliphatic rings. The fourth-order valence-corrected chi connectivity index (χ4v) is 3.54. The van der Waals surface area contributed by atoms with Gasteiger partial charge >= 0.3 is 11.8 Å². The average molecular weight is 478 g/mol. The molecule has 1 aromatic heterocycles. The zero-order valence-electron chi connectivity index (χ0n) is 16.7. The molecule has 0 atom stereocenters. The Balaban J connectivity index is 1.64. The van der Waals surface area contributed by atoms with Gasteiger partial charge in [-0.05, 0) is 49.7 Å². The minimum absolute atomic E-state index is 0.203. The van der Waals surface area contributed by atoms with Crippen molar-refractivity contribution in [3.8, 4) is 5.69 Å². The maximum atomic E-state index is 12.0. The second kappa shape index (κ2) is 10.0. The summed E-state index contributed by atoms with van der Waals surface area (Å²) in [4.78, 5) is 23.9. The Kier molecular flexibility index (Phi) is 7.38. The lowest BCUT2D eigenvalue weighted by Gasteiger charge is -2.12. The molecular weight excluding hydrogens is 459 g/mol. The van der Waals surface area contributed by atoms with Gasteiger partial charge in [-0.25, -0.2) is 5.43 Å². The standard InChI is InChI=1S/C22H19Cl3N4O2/c1-13-10-16(14(2)29(13)19-5-3-4-18(24)20(19)25)12-27-28-22(31)21(30)26-11-15-6-8-17(23)9-7-15/h3-10,12H,11H2,1-2H3,(H,26,30)(H,28,31)/b27-12-. The number of amides is 2. The van der Waals surface area contributed by atoms with Crippen molar-refractivity contribution >= 4 is 52.8 Å². The van der Waals surface area contributed by atoms with E-state index in [1.807, 2.05) is 36.6 Å². The van der Waals surface area contributed by atoms with Gasteiger partial charge in [0.1, 0.15) is 0 Å². The van der Waals surface area contributed by atoms with Gasteiger partial charge in [-0.15, -0.1) is 0 Å². The summed E-state index contributed by atoms with van der Waals surface area (Å²) >= 11 is 18.3. The summed E-state index contributed by atoms with van der Waals surface area (Å²) in [6, 6.07) is 14.2. The third-order valence-electron chi connectivity index (χ3n) is 4.58. The highest BCUT2D eigenvalue weighted by Crippen LogP contribution is 2.31. The van der Waals surface area contributed by atoms with E-state index in [9.17, 15) is 9.59 Å². The Hall–Kier alpha value is -2.80. The molecule has 2 aromatic carbocycles. The zero-order chi connectivity index (χ0) is 22.5. The third kappa shape index (κ3) is 5.47. The Morgan fingerprint density at radius 1 is 1.03 bits per heavy atom. The predicted molar refractivity (Wildman–Crippen MR) is 124 cm³/mol. The maximum absolute atomic E-state index is 12.0. The Bertz CT molecular complexity index is 1150. The Labute approximate surface area is 194 Å². The van der Waals surface area contributed by atoms with Crippen molar-refractivity contribution in [3.63, 3.8) is 0 Å². The molecule has 0 aliphatic carbocycles. The number of aromatic nitrogens is 1. The molecule has 0 saturated carbocycles. The van der Waals surface area contributed by atoms with Gasteiger partial charge in [0.05, 0.1) is 21.9 Å². The van der Waals surface area contributed by atoms with Gasteiger partial charge < -0.3 is 9.88 Å². The number of hydrogen-bond acceptors (Lipinski definition) is 3. The number of carbonyl (C=O) groups excluding carboxylic acids is 2. The van der Waals surface area contributed by atoms with E-state index in [0.29, 0.717) is 15.1 Å². The lowest BCUT2D eigenvalue weighted by Crippen LogP contribution is -2.37. The van der Waals surface area contributed by atoms with E-state index < -0.39 is 11.8 Å². The first-order chi connectivity index (χ1) is 14.8. The number of benzene rings is 2. The fraction of sp³-hybridized carbons (Fsp3) is 0.136. The molecule has 2 amide bonds. The SMILES string of the molecule is Cc1cc(/C=N\NC(=O)C(=O)NCc2ccc(Cl)cc2)c(C)n1-c1cccc(Cl)c1Cl. The number of nitrogens with one attached hydrogen (secondary N) is 2. The molecule has 3 aromatic rings. The molecule has 31 heavy (non-hydrogen) atoms. The van der Waals surface area contributed by atoms with Crippen LogP contribution in [-0.4, -0.2) is 22.6 Å². The molecule has 0 aliphatic heterocycles. The molecule has 0 unspecified atom stereocenters. The normalized spacial score (nSPS) is 11.0. The first-order valence-corrected chi connectivity index (χ1v) is 10.4. The molecule has 0 spiro atoms. The van der Waals surface area contributed by atoms with E-state index >= 15 is 0 Å². The first kappa shape index (κ1) is 22.9. The predicted octanol–water partition coefficient (Wildman–Crippen LogP) is 4.82. The molecule has 0 saturated heterocycles. The van der Waals surface area contributed by atoms with Crippen LogP contribution in [-0.2, 0) is 16.1 Å². The highest BCUT2D eigenvalue weighted by molar-refractivity contribution is 6.43. The van der Waals surface area contributed by atoms with Gasteiger partial charge in [0, 0.05) is 28.5 Å². The molecule has 9 heteroatoms. The van der Waals surface area contributed by atoms with Crippen LogP contribution in [0.25, 0.3) is 5.69 Å². The second-order valence-electron chi connectivity index (χ2n) is 6.74. The number of aryl methyl sites for hydroxylation is 1. The number of hydrazone groups is 1. The van der Waals surface area contributed by atoms with E-state index in [2.05, 4.69) is 15.8 Å². The number of halogens is 3. The summed E-state index contributed by atoms with van der Waals surface area (Å²) in [6.45, 7) is 4.02. The van der Waals surface area contributed by atoms with E-state index in [-0.39, 0.29) is 6.54 Å². The van der Waals surface area contributed by atoms with Crippen LogP contribution in [0.2, 0.25) is 15.1 Å². The molecule has 0 fully saturated rings. The minimum Gasteiger partial charge on any atom is -0.344 e. The molecule has 1 heterocycles. The number of rotatable bonds is 5. The van der Waals surface area contributed by atoms with Crippen LogP contribution in [0.5, 0.6) is 0 Å². The Morgan fingerprint density at radius 3 is 2.45 bits per heavy atom. The molecular formula is C22H19Cl3N4O2. The van der Waals surface area contributed by atoms with E-state index in [4.69, 9.17) is 34.8 Å². The molecule has 0 bridgehead atoms. The van der Waals surface area contributed by atoms with Crippen molar-refractivity contribution in [2.45, 2.75) is 20.4 Å². The summed E-state index contributed by atoms with van der Waals surface area (Å²) < 4.78 is 1.94. The lowest BCUT2D eigenvalue weighted by molar-refractivity contribution is -0.139. The molecule has 3 rings (SSSR count). The highest BCUT2D eigenvalue weighted by Gasteiger charge is 2.15. The summed E-state index contributed by atoms with van der Waals surface area (Å²) in [7, 11) is 0. The Morgan fingerprint density at radius 2 is 1.74 bits per heavy atom. The van der Waals surface area contributed by atoms with Crippen LogP contribution in [0.1, 0.15) is 22.5 Å². The van der Waals surface area contributed by atoms with Crippen molar-refractivity contribution in [1.29, 1.82) is 0 Å². The monoisotopic (exact) mass is 476 g/mol. The van der Waals surface area contributed by atoms with Gasteiger partial charge in [-0.3, -0.25) is 9.59 Å². The number of carbonyl (C=O) groups is 2. The van der Waals surface area contributed by atoms with Crippen LogP contribution in [0, 0.1) is 13.8 Å². The largest absolute Gasteiger partial charge is 0.344 e. The highest BCUT2D eigenvalue weighted by atomic mass is 35.5. The second-order valence-corrected chi connectivity index (χ2v) is 7.96. The lowest BCUT2D eigenvalue weighted by atomic mass is 10.2. The van der Waals surface area contributed by atoms with Crippen molar-refractivity contribution in [2.24, 2.45) is 5.10 Å². The van der Waals surface area contributed by atoms with Crippen LogP contribution in [0.15, 0.2) is 53.6 Å². The van der Waals surface area contributed by atoms with Crippen molar-refractivity contribution < 1.29 is 9.59 Å². The van der Waals surface area contributed by atoms with Gasteiger partial charge in [-0.1, -0.05) is 53.0 Å². The van der Waals surface area contributed by atoms with Crippen LogP contribution in [0.4, 0.5) is 0 Å². The third-order valence-corrected chi connectivity index (χ3v) is 5.65. The maximum Gasteiger partial charge on any atom is 0.329 e. The van der Waals surface area contributed by atoms with Gasteiger partial charge in [0.2, 0.25) is 0 Å². The van der Waals surface area contributed by atoms with Gasteiger partial charge in [-0.2, -0.15) is 5.10 Å². The molecule has 0 radical (unpaired) electrons. The van der Waals surface area contributed by atoms with Gasteiger partial charge in [0.25, 0.3) is 0 Å². The molecule has 160 valence electrons. The number of nitrogens with zero attached hydrogens (tertiary/aromatic N) is 2. The fourth-order valence-electron chi connectivity index (χ4n) is 3.03. The molecule has 2 N–H and O–H groups in total. The zero-order valence-corrected chi connectivity index (χ0v) is 19.0. The van der Waals surface area contributed by atoms with Crippen molar-refractivity contribution in [2.75, 3.05) is 0 Å². The van der Waals surface area contributed by atoms with Crippen LogP contribution >= 0.6 is 34.8 Å². The average Bonchev–Trinajstić information content (AvgIpc) is 3.02. The van der Waals surface area contributed by atoms with Crippen LogP contribution in [0.3, 0.4) is 0 Å². The smallest absolute Gasteiger partial charge is 0.329 e. The summed E-state index contributed by atoms with van der Waals surface area (Å²) in [5.74, 6) is -1.65. The van der Waals surface area contributed by atoms with Crippen LogP contribution < -0.4 is 10.7 Å². The van der Waals surface area contributed by atoms with Crippen molar-refractivity contribution in [3.05, 3.63) is 86.1 Å². The van der Waals surface area contributed by atoms with E-state index in [1.165, 1.54) is 6.21 Å². The summed E-state index contributed by atoms with van der Waals surface area (Å²) in [5.41, 5.74) is 6.32. The quantitative estimate of drug-likeness (QED) is 0.314. The van der Waals surface area contributed by atoms with E-state index in [1.54, 1.807) is 30.3 Å². The minimum atomic E-state index is -0.864. The van der Waals surface area contributed by atoms with E-state index in [0.717, 1.165) is 28.2 Å². The summed E-state index contributed by atoms with van der Waals surface area (Å²) in [6.07, 6.45) is 1.47. The summed E-state index contributed by atoms with van der Waals surface area (Å²) in [5, 5.41) is 7.93. The van der Waals surface area contributed by atoms with Gasteiger partial charge in [0.15, 0.2) is 0 Å². The number of hydrogen-bond donors (Lipinski definition) is 2.